The number of unbranched alkanes of at least 4 members (excludes halogenated alkanes) is 3. The monoisotopic (exact) mass is 161 g/mol. The zero-order valence-corrected chi connectivity index (χ0v) is 9.11. The molecule has 0 aromatic heterocycles. The normalized spacial score (nSPS) is 7.09. The average molecular weight is 161 g/mol. The van der Waals surface area contributed by atoms with E-state index < -0.39 is 0 Å². The third kappa shape index (κ3) is 40.2. The van der Waals surface area contributed by atoms with Crippen LogP contribution in [0.25, 0.3) is 0 Å². The lowest BCUT2D eigenvalue weighted by Gasteiger charge is -1.90. The van der Waals surface area contributed by atoms with Crippen LogP contribution < -0.4 is 5.73 Å². The Morgan fingerprint density at radius 2 is 1.27 bits per heavy atom. The van der Waals surface area contributed by atoms with Gasteiger partial charge in [0.25, 0.3) is 0 Å². The Labute approximate surface area is 73.4 Å². The molecule has 72 valence electrons. The molecule has 0 rings (SSSR count). The van der Waals surface area contributed by atoms with E-state index in [0.717, 1.165) is 6.54 Å². The number of hydrogen-bond donors (Lipinski definition) is 1. The molecule has 0 saturated heterocycles. The Balaban J connectivity index is -0.000000138. The Hall–Kier alpha value is -0.0400. The Morgan fingerprint density at radius 3 is 1.55 bits per heavy atom. The van der Waals surface area contributed by atoms with Crippen molar-refractivity contribution in [1.29, 1.82) is 0 Å². The van der Waals surface area contributed by atoms with Gasteiger partial charge in [-0.15, -0.1) is 0 Å². The number of hydrogen-bond acceptors (Lipinski definition) is 1. The molecular weight excluding hydrogens is 134 g/mol. The highest BCUT2D eigenvalue weighted by Gasteiger charge is 1.80. The summed E-state index contributed by atoms with van der Waals surface area (Å²) in [4.78, 5) is 0. The minimum atomic E-state index is 0.861. The van der Waals surface area contributed by atoms with Gasteiger partial charge in [-0.1, -0.05) is 53.9 Å². The van der Waals surface area contributed by atoms with E-state index >= 15 is 0 Å². The first-order valence-corrected chi connectivity index (χ1v) is 5.12. The molecule has 0 atom stereocenters. The van der Waals surface area contributed by atoms with Crippen molar-refractivity contribution in [3.8, 4) is 0 Å². The van der Waals surface area contributed by atoms with Crippen LogP contribution in [0, 0.1) is 0 Å². The first-order chi connectivity index (χ1) is 5.41. The van der Waals surface area contributed by atoms with E-state index in [-0.39, 0.29) is 0 Å². The molecule has 0 aliphatic carbocycles. The number of rotatable bonds is 4. The Kier molecular flexibility index (Phi) is 50.7. The summed E-state index contributed by atoms with van der Waals surface area (Å²) in [6, 6.07) is 0. The fourth-order valence-electron chi connectivity index (χ4n) is 0.571. The van der Waals surface area contributed by atoms with Crippen molar-refractivity contribution in [2.45, 2.75) is 60.3 Å². The molecule has 0 unspecified atom stereocenters. The molecule has 0 saturated carbocycles. The van der Waals surface area contributed by atoms with E-state index in [4.69, 9.17) is 5.73 Å². The van der Waals surface area contributed by atoms with Gasteiger partial charge in [-0.3, -0.25) is 0 Å². The zero-order chi connectivity index (χ0) is 9.54. The van der Waals surface area contributed by atoms with Crippen molar-refractivity contribution in [3.05, 3.63) is 0 Å². The van der Waals surface area contributed by atoms with Crippen LogP contribution in [0.3, 0.4) is 0 Å². The van der Waals surface area contributed by atoms with Gasteiger partial charge in [-0.05, 0) is 13.0 Å². The highest BCUT2D eigenvalue weighted by Crippen LogP contribution is 1.95. The number of nitrogens with two attached hydrogens (primary N) is 1. The van der Waals surface area contributed by atoms with Crippen LogP contribution in [0.2, 0.25) is 0 Å². The standard InChI is InChI=1S/C6H15N.2C2H6/c1-2-3-4-5-6-7;2*1-2/h2-7H2,1H3;2*1-2H3. The molecule has 0 amide bonds. The quantitative estimate of drug-likeness (QED) is 0.627. The molecule has 0 spiro atoms. The topological polar surface area (TPSA) is 26.0 Å². The molecular formula is C10H27N. The summed E-state index contributed by atoms with van der Waals surface area (Å²) < 4.78 is 0. The molecule has 0 fully saturated rings. The van der Waals surface area contributed by atoms with Crippen molar-refractivity contribution in [3.63, 3.8) is 0 Å². The summed E-state index contributed by atoms with van der Waals surface area (Å²) in [7, 11) is 0. The van der Waals surface area contributed by atoms with Crippen LogP contribution in [0.4, 0.5) is 0 Å². The molecule has 0 aromatic carbocycles. The Bertz CT molecular complexity index is 24.1. The first kappa shape index (κ1) is 17.2. The van der Waals surface area contributed by atoms with Crippen LogP contribution in [0.5, 0.6) is 0 Å². The van der Waals surface area contributed by atoms with Gasteiger partial charge in [0.05, 0.1) is 0 Å². The lowest BCUT2D eigenvalue weighted by molar-refractivity contribution is 0.674. The third-order valence-corrected chi connectivity index (χ3v) is 1.06. The highest BCUT2D eigenvalue weighted by atomic mass is 14.5. The van der Waals surface area contributed by atoms with Gasteiger partial charge in [0.1, 0.15) is 0 Å². The molecule has 2 N–H and O–H groups in total. The van der Waals surface area contributed by atoms with Gasteiger partial charge in [0, 0.05) is 0 Å². The summed E-state index contributed by atoms with van der Waals surface area (Å²) in [5.41, 5.74) is 5.27. The molecule has 0 bridgehead atoms. The second-order valence-corrected chi connectivity index (χ2v) is 1.85. The summed E-state index contributed by atoms with van der Waals surface area (Å²) in [5, 5.41) is 0. The van der Waals surface area contributed by atoms with E-state index in [9.17, 15) is 0 Å². The predicted octanol–water partition coefficient (Wildman–Crippen LogP) is 3.58. The van der Waals surface area contributed by atoms with E-state index in [1.165, 1.54) is 25.7 Å². The van der Waals surface area contributed by atoms with Crippen LogP contribution in [0.15, 0.2) is 0 Å². The van der Waals surface area contributed by atoms with Crippen molar-refractivity contribution < 1.29 is 0 Å². The molecule has 1 heteroatoms. The largest absolute Gasteiger partial charge is 0.330 e. The van der Waals surface area contributed by atoms with E-state index in [0.29, 0.717) is 0 Å². The molecule has 1 nitrogen and oxygen atoms in total. The van der Waals surface area contributed by atoms with E-state index in [1.54, 1.807) is 0 Å². The fourth-order valence-corrected chi connectivity index (χ4v) is 0.571. The second kappa shape index (κ2) is 32.5. The summed E-state index contributed by atoms with van der Waals surface area (Å²) in [6.45, 7) is 11.1. The van der Waals surface area contributed by atoms with Gasteiger partial charge in [-0.25, -0.2) is 0 Å². The molecule has 11 heavy (non-hydrogen) atoms. The van der Waals surface area contributed by atoms with Gasteiger partial charge < -0.3 is 5.73 Å². The fraction of sp³-hybridized carbons (Fsp3) is 1.00. The lowest BCUT2D eigenvalue weighted by atomic mass is 10.2. The van der Waals surface area contributed by atoms with Gasteiger partial charge >= 0.3 is 0 Å². The molecule has 0 aliphatic rings. The zero-order valence-electron chi connectivity index (χ0n) is 9.11. The van der Waals surface area contributed by atoms with Gasteiger partial charge in [-0.2, -0.15) is 0 Å². The first-order valence-electron chi connectivity index (χ1n) is 5.12. The van der Waals surface area contributed by atoms with Gasteiger partial charge in [0.2, 0.25) is 0 Å². The van der Waals surface area contributed by atoms with Crippen LogP contribution in [-0.4, -0.2) is 6.54 Å². The minimum absolute atomic E-state index is 0.861. The van der Waals surface area contributed by atoms with Crippen LogP contribution >= 0.6 is 0 Å². The molecule has 0 aromatic rings. The maximum absolute atomic E-state index is 5.27. The highest BCUT2D eigenvalue weighted by molar-refractivity contribution is 4.38. The van der Waals surface area contributed by atoms with Crippen molar-refractivity contribution in [1.82, 2.24) is 0 Å². The third-order valence-electron chi connectivity index (χ3n) is 1.06. The average Bonchev–Trinajstić information content (AvgIpc) is 2.13. The predicted molar refractivity (Wildman–Crippen MR) is 55.9 cm³/mol. The van der Waals surface area contributed by atoms with Crippen LogP contribution in [-0.2, 0) is 0 Å². The molecule has 0 aliphatic heterocycles. The second-order valence-electron chi connectivity index (χ2n) is 1.85. The molecule has 0 heterocycles. The Morgan fingerprint density at radius 1 is 0.818 bits per heavy atom. The SMILES string of the molecule is CC.CC.CCCCCCN. The van der Waals surface area contributed by atoms with E-state index in [1.807, 2.05) is 27.7 Å². The van der Waals surface area contributed by atoms with Crippen molar-refractivity contribution in [2.75, 3.05) is 6.54 Å². The summed E-state index contributed by atoms with van der Waals surface area (Å²) in [5.74, 6) is 0. The van der Waals surface area contributed by atoms with Crippen molar-refractivity contribution in [2.24, 2.45) is 5.73 Å². The maximum Gasteiger partial charge on any atom is -0.00773 e. The summed E-state index contributed by atoms with van der Waals surface area (Å²) >= 11 is 0. The maximum atomic E-state index is 5.27. The van der Waals surface area contributed by atoms with E-state index in [2.05, 4.69) is 6.92 Å². The minimum Gasteiger partial charge on any atom is -0.330 e. The summed E-state index contributed by atoms with van der Waals surface area (Å²) in [6.07, 6.45) is 5.16. The van der Waals surface area contributed by atoms with Crippen LogP contribution in [0.1, 0.15) is 60.3 Å². The lowest BCUT2D eigenvalue weighted by Crippen LogP contribution is -1.97. The smallest absolute Gasteiger partial charge is 0.00773 e. The van der Waals surface area contributed by atoms with Gasteiger partial charge in [0.15, 0.2) is 0 Å². The molecule has 0 radical (unpaired) electrons. The van der Waals surface area contributed by atoms with Crippen molar-refractivity contribution >= 4 is 0 Å².